The van der Waals surface area contributed by atoms with Crippen LogP contribution in [-0.2, 0) is 20.4 Å². The van der Waals surface area contributed by atoms with Crippen molar-refractivity contribution >= 4 is 27.3 Å². The summed E-state index contributed by atoms with van der Waals surface area (Å²) < 4.78 is 30.7. The average Bonchev–Trinajstić information content (AvgIpc) is 2.86. The van der Waals surface area contributed by atoms with Crippen LogP contribution < -0.4 is 20.1 Å². The van der Waals surface area contributed by atoms with Crippen LogP contribution in [0, 0.1) is 0 Å². The molecular formula is C26H31N3O6S. The maximum atomic E-state index is 13.6. The lowest BCUT2D eigenvalue weighted by molar-refractivity contribution is -0.123. The van der Waals surface area contributed by atoms with E-state index in [0.717, 1.165) is 6.26 Å². The Balaban J connectivity index is 1.91. The summed E-state index contributed by atoms with van der Waals surface area (Å²) in [6.07, 6.45) is 0.216. The fraction of sp³-hybridized carbons (Fsp3) is 0.269. The summed E-state index contributed by atoms with van der Waals surface area (Å²) in [5, 5.41) is 27.1. The van der Waals surface area contributed by atoms with Gasteiger partial charge in [0, 0.05) is 12.2 Å². The normalized spacial score (nSPS) is 13.9. The van der Waals surface area contributed by atoms with Gasteiger partial charge in [-0.25, -0.2) is 8.42 Å². The zero-order valence-electron chi connectivity index (χ0n) is 20.4. The highest BCUT2D eigenvalue weighted by Crippen LogP contribution is 2.31. The lowest BCUT2D eigenvalue weighted by Crippen LogP contribution is -2.52. The molecule has 3 rings (SSSR count). The Morgan fingerprint density at radius 1 is 1.06 bits per heavy atom. The molecule has 0 bridgehead atoms. The van der Waals surface area contributed by atoms with Crippen molar-refractivity contribution < 1.29 is 28.2 Å². The number of amides is 1. The Labute approximate surface area is 211 Å². The van der Waals surface area contributed by atoms with Gasteiger partial charge in [-0.2, -0.15) is 0 Å². The van der Waals surface area contributed by atoms with Crippen molar-refractivity contribution in [2.75, 3.05) is 29.9 Å². The van der Waals surface area contributed by atoms with Crippen LogP contribution in [0.5, 0.6) is 11.5 Å². The molecule has 0 fully saturated rings. The average molecular weight is 514 g/mol. The first kappa shape index (κ1) is 27.0. The van der Waals surface area contributed by atoms with Crippen LogP contribution in [0.2, 0.25) is 0 Å². The van der Waals surface area contributed by atoms with Crippen molar-refractivity contribution in [2.24, 2.45) is 0 Å². The molecule has 0 radical (unpaired) electrons. The molecule has 0 heterocycles. The van der Waals surface area contributed by atoms with E-state index < -0.39 is 21.7 Å². The van der Waals surface area contributed by atoms with E-state index in [4.69, 9.17) is 4.74 Å². The first-order chi connectivity index (χ1) is 17.1. The van der Waals surface area contributed by atoms with Gasteiger partial charge in [0.1, 0.15) is 17.0 Å². The van der Waals surface area contributed by atoms with E-state index >= 15 is 0 Å². The zero-order chi connectivity index (χ0) is 26.3. The fourth-order valence-corrected chi connectivity index (χ4v) is 4.43. The number of sulfonamides is 1. The maximum Gasteiger partial charge on any atom is 0.249 e. The Morgan fingerprint density at radius 2 is 1.72 bits per heavy atom. The fourth-order valence-electron chi connectivity index (χ4n) is 3.87. The molecule has 36 heavy (non-hydrogen) atoms. The number of hydrogen-bond acceptors (Lipinski definition) is 7. The van der Waals surface area contributed by atoms with Crippen LogP contribution in [0.15, 0.2) is 72.8 Å². The second kappa shape index (κ2) is 11.4. The van der Waals surface area contributed by atoms with E-state index in [9.17, 15) is 23.4 Å². The monoisotopic (exact) mass is 513 g/mol. The van der Waals surface area contributed by atoms with E-state index in [1.807, 2.05) is 25.1 Å². The predicted octanol–water partition coefficient (Wildman–Crippen LogP) is 3.34. The van der Waals surface area contributed by atoms with Gasteiger partial charge in [-0.05, 0) is 53.9 Å². The molecule has 3 aromatic carbocycles. The van der Waals surface area contributed by atoms with E-state index in [2.05, 4.69) is 15.4 Å². The second-order valence-corrected chi connectivity index (χ2v) is 10.1. The smallest absolute Gasteiger partial charge is 0.249 e. The highest BCUT2D eigenvalue weighted by Gasteiger charge is 2.39. The molecule has 0 saturated carbocycles. The first-order valence-electron chi connectivity index (χ1n) is 11.3. The Bertz CT molecular complexity index is 1280. The van der Waals surface area contributed by atoms with E-state index in [1.165, 1.54) is 18.2 Å². The highest BCUT2D eigenvalue weighted by atomic mass is 32.2. The minimum atomic E-state index is -3.63. The Kier molecular flexibility index (Phi) is 8.57. The Morgan fingerprint density at radius 3 is 2.31 bits per heavy atom. The summed E-state index contributed by atoms with van der Waals surface area (Å²) in [5.41, 5.74) is 0.415. The van der Waals surface area contributed by atoms with Crippen molar-refractivity contribution in [1.82, 2.24) is 5.32 Å². The number of para-hydroxylation sites is 1. The van der Waals surface area contributed by atoms with Gasteiger partial charge in [0.2, 0.25) is 15.9 Å². The van der Waals surface area contributed by atoms with Gasteiger partial charge in [-0.1, -0.05) is 43.3 Å². The van der Waals surface area contributed by atoms with Crippen LogP contribution in [0.4, 0.5) is 11.4 Å². The van der Waals surface area contributed by atoms with E-state index in [1.54, 1.807) is 43.5 Å². The van der Waals surface area contributed by atoms with Gasteiger partial charge < -0.3 is 20.3 Å². The molecule has 9 nitrogen and oxygen atoms in total. The van der Waals surface area contributed by atoms with Crippen molar-refractivity contribution in [3.05, 3.63) is 83.9 Å². The number of aliphatic hydroxyl groups excluding tert-OH is 1. The number of aromatic hydroxyl groups is 1. The molecule has 1 amide bonds. The molecule has 0 saturated heterocycles. The van der Waals surface area contributed by atoms with Crippen molar-refractivity contribution in [3.8, 4) is 11.5 Å². The number of methoxy groups -OCH3 is 1. The number of nitrogens with one attached hydrogen (secondary N) is 3. The number of carbonyl (C=O) groups excluding carboxylic acids is 1. The lowest BCUT2D eigenvalue weighted by Gasteiger charge is -2.34. The van der Waals surface area contributed by atoms with Crippen molar-refractivity contribution in [3.63, 3.8) is 0 Å². The number of anilines is 2. The molecule has 2 atom stereocenters. The predicted molar refractivity (Wildman–Crippen MR) is 140 cm³/mol. The lowest BCUT2D eigenvalue weighted by atomic mass is 9.85. The summed E-state index contributed by atoms with van der Waals surface area (Å²) in [5.74, 6) is 0.0636. The molecule has 0 unspecified atom stereocenters. The van der Waals surface area contributed by atoms with E-state index in [0.29, 0.717) is 29.0 Å². The van der Waals surface area contributed by atoms with Crippen LogP contribution in [0.3, 0.4) is 0 Å². The molecule has 0 aliphatic carbocycles. The van der Waals surface area contributed by atoms with Crippen LogP contribution >= 0.6 is 0 Å². The van der Waals surface area contributed by atoms with E-state index in [-0.39, 0.29) is 23.9 Å². The summed E-state index contributed by atoms with van der Waals surface area (Å²) in [6.45, 7) is 1.83. The standard InChI is InChI=1S/C26H31N3O6S/c1-4-26(19-11-13-21(35-2)14-12-19,25(32)28-20-8-6-5-7-9-20)27-17-24(31)18-10-15-23(30)22(16-18)29-36(3,33)34/h5-16,24,27,29-31H,4,17H2,1-3H3,(H,28,32)/t24-,26-/m0/s1. The van der Waals surface area contributed by atoms with Gasteiger partial charge in [-0.3, -0.25) is 14.8 Å². The SMILES string of the molecule is CC[C@@](NC[C@H](O)c1ccc(O)c(NS(C)(=O)=O)c1)(C(=O)Nc1ccccc1)c1ccc(OC)cc1. The number of phenolic OH excluding ortho intramolecular Hbond substituents is 1. The second-order valence-electron chi connectivity index (χ2n) is 8.36. The minimum Gasteiger partial charge on any atom is -0.506 e. The number of phenols is 1. The third kappa shape index (κ3) is 6.54. The molecule has 192 valence electrons. The number of benzene rings is 3. The number of aliphatic hydroxyl groups is 1. The molecule has 0 aliphatic rings. The van der Waals surface area contributed by atoms with Gasteiger partial charge in [0.25, 0.3) is 0 Å². The van der Waals surface area contributed by atoms with Crippen LogP contribution in [0.25, 0.3) is 0 Å². The third-order valence-corrected chi connectivity index (χ3v) is 6.42. The van der Waals surface area contributed by atoms with Crippen molar-refractivity contribution in [1.29, 1.82) is 0 Å². The van der Waals surface area contributed by atoms with Gasteiger partial charge >= 0.3 is 0 Å². The number of carbonyl (C=O) groups is 1. The summed E-state index contributed by atoms with van der Waals surface area (Å²) in [6, 6.07) is 20.3. The Hall–Kier alpha value is -3.60. The van der Waals surface area contributed by atoms with Crippen molar-refractivity contribution in [2.45, 2.75) is 25.0 Å². The van der Waals surface area contributed by atoms with Gasteiger partial charge in [-0.15, -0.1) is 0 Å². The van der Waals surface area contributed by atoms with Crippen LogP contribution in [-0.4, -0.2) is 44.4 Å². The largest absolute Gasteiger partial charge is 0.506 e. The quantitative estimate of drug-likeness (QED) is 0.248. The summed E-state index contributed by atoms with van der Waals surface area (Å²) in [7, 11) is -2.08. The zero-order valence-corrected chi connectivity index (χ0v) is 21.2. The number of ether oxygens (including phenoxy) is 1. The number of hydrogen-bond donors (Lipinski definition) is 5. The molecule has 0 spiro atoms. The van der Waals surface area contributed by atoms with Crippen LogP contribution in [0.1, 0.15) is 30.6 Å². The molecule has 5 N–H and O–H groups in total. The summed E-state index contributed by atoms with van der Waals surface area (Å²) >= 11 is 0. The minimum absolute atomic E-state index is 0.0365. The summed E-state index contributed by atoms with van der Waals surface area (Å²) in [4.78, 5) is 13.6. The molecule has 0 aliphatic heterocycles. The number of rotatable bonds is 11. The third-order valence-electron chi connectivity index (χ3n) is 5.83. The molecule has 3 aromatic rings. The topological polar surface area (TPSA) is 137 Å². The molecular weight excluding hydrogens is 482 g/mol. The van der Waals surface area contributed by atoms with Gasteiger partial charge in [0.15, 0.2) is 0 Å². The molecule has 0 aromatic heterocycles. The highest BCUT2D eigenvalue weighted by molar-refractivity contribution is 7.92. The molecule has 10 heteroatoms. The first-order valence-corrected chi connectivity index (χ1v) is 13.2. The van der Waals surface area contributed by atoms with Gasteiger partial charge in [0.05, 0.1) is 25.2 Å². The maximum absolute atomic E-state index is 13.6.